The Kier molecular flexibility index (Phi) is 3.08. The summed E-state index contributed by atoms with van der Waals surface area (Å²) >= 11 is 0. The Bertz CT molecular complexity index is 479. The average molecular weight is 242 g/mol. The molecule has 0 fully saturated rings. The van der Waals surface area contributed by atoms with Gasteiger partial charge in [-0.1, -0.05) is 0 Å². The summed E-state index contributed by atoms with van der Waals surface area (Å²) in [6.45, 7) is 0. The second kappa shape index (κ2) is 4.52. The SMILES string of the molecule is FC(F)(F)CCc1ccnc(-c2ccn[nH]2)n1. The van der Waals surface area contributed by atoms with E-state index in [1.165, 1.54) is 18.5 Å². The van der Waals surface area contributed by atoms with Crippen LogP contribution in [0.3, 0.4) is 0 Å². The molecule has 2 aromatic heterocycles. The van der Waals surface area contributed by atoms with Gasteiger partial charge in [0.1, 0.15) is 5.69 Å². The first-order chi connectivity index (χ1) is 8.04. The van der Waals surface area contributed by atoms with Gasteiger partial charge in [0, 0.05) is 24.5 Å². The number of rotatable bonds is 3. The van der Waals surface area contributed by atoms with Crippen LogP contribution in [0.5, 0.6) is 0 Å². The summed E-state index contributed by atoms with van der Waals surface area (Å²) < 4.78 is 36.2. The van der Waals surface area contributed by atoms with E-state index in [2.05, 4.69) is 20.2 Å². The van der Waals surface area contributed by atoms with E-state index in [1.807, 2.05) is 0 Å². The smallest absolute Gasteiger partial charge is 0.275 e. The number of nitrogens with one attached hydrogen (secondary N) is 1. The molecule has 7 heteroatoms. The molecule has 0 unspecified atom stereocenters. The van der Waals surface area contributed by atoms with Crippen LogP contribution in [0.25, 0.3) is 11.5 Å². The first-order valence-electron chi connectivity index (χ1n) is 4.93. The van der Waals surface area contributed by atoms with Crippen molar-refractivity contribution in [2.45, 2.75) is 19.0 Å². The van der Waals surface area contributed by atoms with Crippen LogP contribution in [0.15, 0.2) is 24.5 Å². The summed E-state index contributed by atoms with van der Waals surface area (Å²) in [6, 6.07) is 3.13. The minimum Gasteiger partial charge on any atom is -0.275 e. The first-order valence-corrected chi connectivity index (χ1v) is 4.93. The highest BCUT2D eigenvalue weighted by Gasteiger charge is 2.26. The maximum absolute atomic E-state index is 12.1. The zero-order chi connectivity index (χ0) is 12.3. The molecule has 0 spiro atoms. The number of aromatic amines is 1. The third kappa shape index (κ3) is 3.27. The predicted octanol–water partition coefficient (Wildman–Crippen LogP) is 2.36. The summed E-state index contributed by atoms with van der Waals surface area (Å²) in [5, 5.41) is 6.38. The van der Waals surface area contributed by atoms with Gasteiger partial charge in [0.05, 0.1) is 0 Å². The Balaban J connectivity index is 2.12. The van der Waals surface area contributed by atoms with Crippen LogP contribution >= 0.6 is 0 Å². The Hall–Kier alpha value is -1.92. The van der Waals surface area contributed by atoms with Crippen LogP contribution < -0.4 is 0 Å². The van der Waals surface area contributed by atoms with E-state index < -0.39 is 12.6 Å². The molecule has 0 atom stereocenters. The van der Waals surface area contributed by atoms with E-state index in [-0.39, 0.29) is 6.42 Å². The van der Waals surface area contributed by atoms with Crippen molar-refractivity contribution < 1.29 is 13.2 Å². The van der Waals surface area contributed by atoms with E-state index in [0.717, 1.165) is 0 Å². The molecule has 0 aromatic carbocycles. The van der Waals surface area contributed by atoms with Crippen LogP contribution in [0.1, 0.15) is 12.1 Å². The van der Waals surface area contributed by atoms with Crippen molar-refractivity contribution in [3.05, 3.63) is 30.2 Å². The Morgan fingerprint density at radius 1 is 1.18 bits per heavy atom. The Labute approximate surface area is 94.9 Å². The molecule has 90 valence electrons. The second-order valence-corrected chi connectivity index (χ2v) is 3.46. The number of alkyl halides is 3. The van der Waals surface area contributed by atoms with Gasteiger partial charge in [0.2, 0.25) is 0 Å². The summed E-state index contributed by atoms with van der Waals surface area (Å²) in [5.74, 6) is 0.349. The van der Waals surface area contributed by atoms with Crippen molar-refractivity contribution in [3.63, 3.8) is 0 Å². The molecule has 0 amide bonds. The highest BCUT2D eigenvalue weighted by atomic mass is 19.4. The Morgan fingerprint density at radius 2 is 2.00 bits per heavy atom. The normalized spacial score (nSPS) is 11.7. The first kappa shape index (κ1) is 11.6. The van der Waals surface area contributed by atoms with Crippen molar-refractivity contribution in [2.75, 3.05) is 0 Å². The number of halogens is 3. The van der Waals surface area contributed by atoms with Gasteiger partial charge in [-0.15, -0.1) is 0 Å². The maximum atomic E-state index is 12.1. The molecular weight excluding hydrogens is 233 g/mol. The Morgan fingerprint density at radius 3 is 2.65 bits per heavy atom. The minimum atomic E-state index is -4.17. The molecule has 0 aliphatic heterocycles. The molecule has 0 saturated carbocycles. The van der Waals surface area contributed by atoms with E-state index in [0.29, 0.717) is 17.2 Å². The number of aromatic nitrogens is 4. The number of nitrogens with zero attached hydrogens (tertiary/aromatic N) is 3. The summed E-state index contributed by atoms with van der Waals surface area (Å²) in [7, 11) is 0. The number of H-pyrrole nitrogens is 1. The average Bonchev–Trinajstić information content (AvgIpc) is 2.79. The van der Waals surface area contributed by atoms with Gasteiger partial charge < -0.3 is 0 Å². The van der Waals surface area contributed by atoms with Crippen LogP contribution in [0, 0.1) is 0 Å². The third-order valence-corrected chi connectivity index (χ3v) is 2.12. The largest absolute Gasteiger partial charge is 0.389 e. The summed E-state index contributed by atoms with van der Waals surface area (Å²) in [4.78, 5) is 8.00. The van der Waals surface area contributed by atoms with Crippen molar-refractivity contribution >= 4 is 0 Å². The monoisotopic (exact) mass is 242 g/mol. The minimum absolute atomic E-state index is 0.146. The molecular formula is C10H9F3N4. The van der Waals surface area contributed by atoms with Gasteiger partial charge in [0.25, 0.3) is 0 Å². The van der Waals surface area contributed by atoms with E-state index in [9.17, 15) is 13.2 Å². The molecule has 0 saturated heterocycles. The predicted molar refractivity (Wildman–Crippen MR) is 54.0 cm³/mol. The van der Waals surface area contributed by atoms with Gasteiger partial charge in [-0.2, -0.15) is 18.3 Å². The molecule has 17 heavy (non-hydrogen) atoms. The molecule has 0 bridgehead atoms. The van der Waals surface area contributed by atoms with Gasteiger partial charge in [-0.25, -0.2) is 9.97 Å². The highest BCUT2D eigenvalue weighted by molar-refractivity contribution is 5.47. The summed E-state index contributed by atoms with van der Waals surface area (Å²) in [5.41, 5.74) is 0.945. The van der Waals surface area contributed by atoms with Crippen LogP contribution in [0.2, 0.25) is 0 Å². The fourth-order valence-electron chi connectivity index (χ4n) is 1.32. The van der Waals surface area contributed by atoms with Gasteiger partial charge in [-0.3, -0.25) is 5.10 Å². The van der Waals surface area contributed by atoms with Crippen LogP contribution in [0.4, 0.5) is 13.2 Å². The molecule has 0 aliphatic carbocycles. The van der Waals surface area contributed by atoms with Crippen molar-refractivity contribution in [1.29, 1.82) is 0 Å². The van der Waals surface area contributed by atoms with Gasteiger partial charge >= 0.3 is 6.18 Å². The molecule has 2 aromatic rings. The molecule has 2 heterocycles. The fourth-order valence-corrected chi connectivity index (χ4v) is 1.32. The lowest BCUT2D eigenvalue weighted by Gasteiger charge is -2.05. The number of hydrogen-bond acceptors (Lipinski definition) is 3. The molecule has 0 radical (unpaired) electrons. The number of aryl methyl sites for hydroxylation is 1. The quantitative estimate of drug-likeness (QED) is 0.898. The molecule has 2 rings (SSSR count). The molecule has 0 aliphatic rings. The lowest BCUT2D eigenvalue weighted by atomic mass is 10.2. The van der Waals surface area contributed by atoms with Crippen LogP contribution in [-0.2, 0) is 6.42 Å². The maximum Gasteiger partial charge on any atom is 0.389 e. The second-order valence-electron chi connectivity index (χ2n) is 3.46. The van der Waals surface area contributed by atoms with E-state index in [1.54, 1.807) is 6.07 Å². The van der Waals surface area contributed by atoms with Gasteiger partial charge in [0.15, 0.2) is 5.82 Å². The van der Waals surface area contributed by atoms with Crippen molar-refractivity contribution in [3.8, 4) is 11.5 Å². The third-order valence-electron chi connectivity index (χ3n) is 2.12. The standard InChI is InChI=1S/C10H9F3N4/c11-10(12,13)4-1-7-2-5-14-9(16-7)8-3-6-15-17-8/h2-3,5-6H,1,4H2,(H,15,17). The zero-order valence-electron chi connectivity index (χ0n) is 8.70. The van der Waals surface area contributed by atoms with E-state index >= 15 is 0 Å². The zero-order valence-corrected chi connectivity index (χ0v) is 8.70. The van der Waals surface area contributed by atoms with Crippen molar-refractivity contribution in [2.24, 2.45) is 0 Å². The fraction of sp³-hybridized carbons (Fsp3) is 0.300. The van der Waals surface area contributed by atoms with E-state index in [4.69, 9.17) is 0 Å². The topological polar surface area (TPSA) is 54.5 Å². The van der Waals surface area contributed by atoms with Crippen molar-refractivity contribution in [1.82, 2.24) is 20.2 Å². The lowest BCUT2D eigenvalue weighted by molar-refractivity contribution is -0.134. The molecule has 4 nitrogen and oxygen atoms in total. The number of hydrogen-bond donors (Lipinski definition) is 1. The molecule has 1 N–H and O–H groups in total. The van der Waals surface area contributed by atoms with Gasteiger partial charge in [-0.05, 0) is 18.6 Å². The van der Waals surface area contributed by atoms with Crippen LogP contribution in [-0.4, -0.2) is 26.3 Å². The lowest BCUT2D eigenvalue weighted by Crippen LogP contribution is -2.09. The summed E-state index contributed by atoms with van der Waals surface area (Å²) in [6.07, 6.45) is -2.23. The highest BCUT2D eigenvalue weighted by Crippen LogP contribution is 2.21.